The van der Waals surface area contributed by atoms with Gasteiger partial charge in [-0.15, -0.1) is 11.3 Å². The van der Waals surface area contributed by atoms with E-state index in [1.807, 2.05) is 24.3 Å². The molecule has 0 atom stereocenters. The fraction of sp³-hybridized carbons (Fsp3) is 0.286. The molecule has 0 spiro atoms. The second kappa shape index (κ2) is 5.06. The van der Waals surface area contributed by atoms with Gasteiger partial charge >= 0.3 is 5.97 Å². The summed E-state index contributed by atoms with van der Waals surface area (Å²) in [6.45, 7) is 0. The van der Waals surface area contributed by atoms with Gasteiger partial charge < -0.3 is 5.11 Å². The lowest BCUT2D eigenvalue weighted by molar-refractivity contribution is 0.0700. The summed E-state index contributed by atoms with van der Waals surface area (Å²) in [5.41, 5.74) is 1.95. The first-order valence-corrected chi connectivity index (χ1v) is 7.72. The van der Waals surface area contributed by atoms with Crippen LogP contribution in [0.15, 0.2) is 28.7 Å². The molecule has 19 heavy (non-hydrogen) atoms. The van der Waals surface area contributed by atoms with Crippen LogP contribution in [0.5, 0.6) is 0 Å². The number of carbonyl (C=O) groups is 1. The first-order chi connectivity index (χ1) is 9.13. The molecule has 0 amide bonds. The van der Waals surface area contributed by atoms with Crippen molar-refractivity contribution in [3.63, 3.8) is 0 Å². The van der Waals surface area contributed by atoms with Crippen molar-refractivity contribution in [2.45, 2.75) is 25.2 Å². The van der Waals surface area contributed by atoms with Crippen LogP contribution in [0.3, 0.4) is 0 Å². The Hall–Kier alpha value is -1.20. The summed E-state index contributed by atoms with van der Waals surface area (Å²) in [7, 11) is 0. The van der Waals surface area contributed by atoms with Gasteiger partial charge in [-0.05, 0) is 30.5 Å². The van der Waals surface area contributed by atoms with Gasteiger partial charge in [-0.1, -0.05) is 28.1 Å². The molecule has 1 aliphatic carbocycles. The number of thiazole rings is 1. The Morgan fingerprint density at radius 2 is 2.05 bits per heavy atom. The molecule has 1 aromatic carbocycles. The van der Waals surface area contributed by atoms with Crippen molar-refractivity contribution in [1.29, 1.82) is 0 Å². The van der Waals surface area contributed by atoms with Crippen LogP contribution in [-0.4, -0.2) is 16.1 Å². The van der Waals surface area contributed by atoms with Gasteiger partial charge in [0.1, 0.15) is 4.88 Å². The van der Waals surface area contributed by atoms with Crippen LogP contribution < -0.4 is 0 Å². The summed E-state index contributed by atoms with van der Waals surface area (Å²) in [5.74, 6) is -0.470. The predicted octanol–water partition coefficient (Wildman–Crippen LogP) is 4.07. The third-order valence-electron chi connectivity index (χ3n) is 3.12. The van der Waals surface area contributed by atoms with Crippen molar-refractivity contribution >= 4 is 33.2 Å². The summed E-state index contributed by atoms with van der Waals surface area (Å²) in [6.07, 6.45) is 2.84. The van der Waals surface area contributed by atoms with Crippen LogP contribution in [0, 0.1) is 0 Å². The second-order valence-corrected chi connectivity index (χ2v) is 6.70. The predicted molar refractivity (Wildman–Crippen MR) is 78.0 cm³/mol. The second-order valence-electron chi connectivity index (χ2n) is 4.70. The Kier molecular flexibility index (Phi) is 3.41. The smallest absolute Gasteiger partial charge is 0.347 e. The minimum absolute atomic E-state index is 0.376. The van der Waals surface area contributed by atoms with E-state index in [4.69, 9.17) is 0 Å². The Balaban J connectivity index is 1.86. The average molecular weight is 338 g/mol. The molecule has 1 N–H and O–H groups in total. The molecule has 3 rings (SSSR count). The van der Waals surface area contributed by atoms with E-state index in [9.17, 15) is 9.90 Å². The standard InChI is InChI=1S/C14H12BrNO2S/c15-10-5-1-8(2-6-10)7-11-16-12(9-3-4-9)13(19-11)14(17)18/h1-2,5-6,9H,3-4,7H2,(H,17,18). The zero-order valence-electron chi connectivity index (χ0n) is 10.1. The van der Waals surface area contributed by atoms with Crippen LogP contribution in [0.4, 0.5) is 0 Å². The lowest BCUT2D eigenvalue weighted by Gasteiger charge is -1.97. The first kappa shape index (κ1) is 12.8. The number of aromatic nitrogens is 1. The number of nitrogens with zero attached hydrogens (tertiary/aromatic N) is 1. The van der Waals surface area contributed by atoms with Crippen LogP contribution in [0.2, 0.25) is 0 Å². The van der Waals surface area contributed by atoms with Crippen LogP contribution in [0.25, 0.3) is 0 Å². The molecule has 0 aliphatic heterocycles. The summed E-state index contributed by atoms with van der Waals surface area (Å²) in [5, 5.41) is 10.1. The van der Waals surface area contributed by atoms with E-state index in [0.717, 1.165) is 33.6 Å². The van der Waals surface area contributed by atoms with E-state index in [0.29, 0.717) is 17.2 Å². The van der Waals surface area contributed by atoms with Gasteiger partial charge in [0.25, 0.3) is 0 Å². The maximum absolute atomic E-state index is 11.2. The highest BCUT2D eigenvalue weighted by Gasteiger charge is 2.31. The molecule has 1 fully saturated rings. The van der Waals surface area contributed by atoms with Crippen molar-refractivity contribution in [2.24, 2.45) is 0 Å². The molecule has 5 heteroatoms. The number of hydrogen-bond donors (Lipinski definition) is 1. The first-order valence-electron chi connectivity index (χ1n) is 6.11. The summed E-state index contributed by atoms with van der Waals surface area (Å²) < 4.78 is 1.04. The minimum atomic E-state index is -0.846. The molecule has 98 valence electrons. The van der Waals surface area contributed by atoms with E-state index in [2.05, 4.69) is 20.9 Å². The molecular weight excluding hydrogens is 326 g/mol. The van der Waals surface area contributed by atoms with Gasteiger partial charge in [-0.2, -0.15) is 0 Å². The number of carboxylic acid groups (broad SMARTS) is 1. The average Bonchev–Trinajstić information content (AvgIpc) is 3.13. The fourth-order valence-electron chi connectivity index (χ4n) is 2.02. The van der Waals surface area contributed by atoms with Crippen LogP contribution in [0.1, 0.15) is 44.7 Å². The number of aromatic carboxylic acids is 1. The van der Waals surface area contributed by atoms with Gasteiger partial charge in [0, 0.05) is 16.8 Å². The molecule has 1 aliphatic rings. The fourth-order valence-corrected chi connectivity index (χ4v) is 3.30. The molecule has 0 bridgehead atoms. The zero-order valence-corrected chi connectivity index (χ0v) is 12.5. The van der Waals surface area contributed by atoms with Crippen molar-refractivity contribution in [3.05, 3.63) is 49.9 Å². The van der Waals surface area contributed by atoms with Gasteiger partial charge in [0.05, 0.1) is 10.7 Å². The third-order valence-corrected chi connectivity index (χ3v) is 4.71. The van der Waals surface area contributed by atoms with E-state index in [-0.39, 0.29) is 0 Å². The third kappa shape index (κ3) is 2.87. The maximum atomic E-state index is 11.2. The Labute approximate surface area is 123 Å². The summed E-state index contributed by atoms with van der Waals surface area (Å²) >= 11 is 4.71. The Morgan fingerprint density at radius 1 is 1.37 bits per heavy atom. The molecular formula is C14H12BrNO2S. The van der Waals surface area contributed by atoms with Gasteiger partial charge in [0.15, 0.2) is 0 Å². The molecule has 2 aromatic rings. The largest absolute Gasteiger partial charge is 0.477 e. The highest BCUT2D eigenvalue weighted by molar-refractivity contribution is 9.10. The summed E-state index contributed by atoms with van der Waals surface area (Å²) in [4.78, 5) is 16.2. The number of halogens is 1. The zero-order chi connectivity index (χ0) is 13.4. The van der Waals surface area contributed by atoms with Crippen molar-refractivity contribution in [2.75, 3.05) is 0 Å². The molecule has 1 saturated carbocycles. The quantitative estimate of drug-likeness (QED) is 0.914. The lowest BCUT2D eigenvalue weighted by Crippen LogP contribution is -1.97. The normalized spacial score (nSPS) is 14.6. The number of hydrogen-bond acceptors (Lipinski definition) is 3. The molecule has 1 heterocycles. The minimum Gasteiger partial charge on any atom is -0.477 e. The number of benzene rings is 1. The molecule has 1 aromatic heterocycles. The number of carboxylic acids is 1. The van der Waals surface area contributed by atoms with Gasteiger partial charge in [0.2, 0.25) is 0 Å². The van der Waals surface area contributed by atoms with Crippen LogP contribution >= 0.6 is 27.3 Å². The molecule has 0 radical (unpaired) electrons. The van der Waals surface area contributed by atoms with Crippen molar-refractivity contribution in [1.82, 2.24) is 4.98 Å². The maximum Gasteiger partial charge on any atom is 0.347 e. The monoisotopic (exact) mass is 337 g/mol. The highest BCUT2D eigenvalue weighted by atomic mass is 79.9. The van der Waals surface area contributed by atoms with Crippen LogP contribution in [-0.2, 0) is 6.42 Å². The summed E-state index contributed by atoms with van der Waals surface area (Å²) in [6, 6.07) is 8.04. The van der Waals surface area contributed by atoms with E-state index >= 15 is 0 Å². The van der Waals surface area contributed by atoms with Gasteiger partial charge in [-0.25, -0.2) is 9.78 Å². The van der Waals surface area contributed by atoms with Crippen molar-refractivity contribution < 1.29 is 9.90 Å². The lowest BCUT2D eigenvalue weighted by atomic mass is 10.2. The van der Waals surface area contributed by atoms with E-state index in [1.165, 1.54) is 11.3 Å². The topological polar surface area (TPSA) is 50.2 Å². The Morgan fingerprint density at radius 3 is 2.63 bits per heavy atom. The van der Waals surface area contributed by atoms with E-state index in [1.54, 1.807) is 0 Å². The van der Waals surface area contributed by atoms with Crippen molar-refractivity contribution in [3.8, 4) is 0 Å². The molecule has 0 saturated heterocycles. The Bertz CT molecular complexity index is 617. The SMILES string of the molecule is O=C(O)c1sc(Cc2ccc(Br)cc2)nc1C1CC1. The number of rotatable bonds is 4. The molecule has 0 unspecified atom stereocenters. The van der Waals surface area contributed by atoms with E-state index < -0.39 is 5.97 Å². The highest BCUT2D eigenvalue weighted by Crippen LogP contribution is 2.42. The molecule has 3 nitrogen and oxygen atoms in total. The van der Waals surface area contributed by atoms with Gasteiger partial charge in [-0.3, -0.25) is 0 Å².